The van der Waals surface area contributed by atoms with Gasteiger partial charge in [-0.2, -0.15) is 10.1 Å². The van der Waals surface area contributed by atoms with Crippen LogP contribution in [0.1, 0.15) is 0 Å². The molecule has 8 heteroatoms. The molecule has 0 aliphatic carbocycles. The molecule has 0 atom stereocenters. The molecule has 1 N–H and O–H groups in total. The largest absolute Gasteiger partial charge is 0.508 e. The number of phenols is 1. The van der Waals surface area contributed by atoms with Crippen LogP contribution < -0.4 is 4.90 Å². The van der Waals surface area contributed by atoms with Crippen LogP contribution in [0.4, 0.5) is 5.95 Å². The van der Waals surface area contributed by atoms with Crippen LogP contribution in [0.5, 0.6) is 5.75 Å². The molecule has 1 aliphatic heterocycles. The van der Waals surface area contributed by atoms with Crippen LogP contribution in [0, 0.1) is 0 Å². The SMILES string of the molecule is COCCn1ncc2c(-c3cccc(O)c3)nc(N3CCOCC3)nc21. The molecule has 1 aliphatic rings. The number of hydrogen-bond donors (Lipinski definition) is 1. The van der Waals surface area contributed by atoms with Gasteiger partial charge < -0.3 is 19.5 Å². The maximum atomic E-state index is 9.88. The average Bonchev–Trinajstić information content (AvgIpc) is 3.09. The minimum Gasteiger partial charge on any atom is -0.508 e. The third-order valence-corrected chi connectivity index (χ3v) is 4.41. The lowest BCUT2D eigenvalue weighted by atomic mass is 10.1. The van der Waals surface area contributed by atoms with E-state index in [0.29, 0.717) is 32.3 Å². The predicted molar refractivity (Wildman–Crippen MR) is 97.3 cm³/mol. The Hall–Kier alpha value is -2.71. The quantitative estimate of drug-likeness (QED) is 0.745. The number of anilines is 1. The summed E-state index contributed by atoms with van der Waals surface area (Å²) in [6, 6.07) is 7.09. The number of hydrogen-bond acceptors (Lipinski definition) is 7. The lowest BCUT2D eigenvalue weighted by molar-refractivity contribution is 0.122. The summed E-state index contributed by atoms with van der Waals surface area (Å²) in [5.74, 6) is 0.854. The number of methoxy groups -OCH3 is 1. The van der Waals surface area contributed by atoms with Gasteiger partial charge in [-0.15, -0.1) is 0 Å². The van der Waals surface area contributed by atoms with E-state index < -0.39 is 0 Å². The molecule has 8 nitrogen and oxygen atoms in total. The maximum Gasteiger partial charge on any atom is 0.228 e. The molecule has 3 aromatic rings. The molecule has 0 spiro atoms. The molecule has 136 valence electrons. The Morgan fingerprint density at radius 3 is 2.85 bits per heavy atom. The number of ether oxygens (including phenoxy) is 2. The summed E-state index contributed by atoms with van der Waals surface area (Å²) in [5, 5.41) is 15.2. The van der Waals surface area contributed by atoms with Gasteiger partial charge in [0.1, 0.15) is 5.75 Å². The van der Waals surface area contributed by atoms with Gasteiger partial charge in [-0.3, -0.25) is 0 Å². The fourth-order valence-electron chi connectivity index (χ4n) is 3.06. The van der Waals surface area contributed by atoms with Gasteiger partial charge in [-0.05, 0) is 12.1 Å². The van der Waals surface area contributed by atoms with Crippen molar-refractivity contribution in [1.29, 1.82) is 0 Å². The summed E-state index contributed by atoms with van der Waals surface area (Å²) < 4.78 is 12.4. The molecular formula is C18H21N5O3. The van der Waals surface area contributed by atoms with E-state index >= 15 is 0 Å². The molecule has 1 fully saturated rings. The van der Waals surface area contributed by atoms with E-state index in [1.54, 1.807) is 25.4 Å². The van der Waals surface area contributed by atoms with Crippen molar-refractivity contribution in [2.75, 3.05) is 44.9 Å². The summed E-state index contributed by atoms with van der Waals surface area (Å²) in [4.78, 5) is 11.7. The average molecular weight is 355 g/mol. The van der Waals surface area contributed by atoms with E-state index in [-0.39, 0.29) is 5.75 Å². The standard InChI is InChI=1S/C18H21N5O3/c1-25-8-7-23-17-15(12-19-23)16(13-3-2-4-14(24)11-13)20-18(21-17)22-5-9-26-10-6-22/h2-4,11-12,24H,5-10H2,1H3. The van der Waals surface area contributed by atoms with Crippen molar-refractivity contribution in [3.8, 4) is 17.0 Å². The third-order valence-electron chi connectivity index (χ3n) is 4.41. The first-order chi connectivity index (χ1) is 12.8. The van der Waals surface area contributed by atoms with E-state index in [1.165, 1.54) is 0 Å². The van der Waals surface area contributed by atoms with Crippen molar-refractivity contribution in [3.05, 3.63) is 30.5 Å². The number of fused-ring (bicyclic) bond motifs is 1. The minimum absolute atomic E-state index is 0.203. The first-order valence-corrected chi connectivity index (χ1v) is 8.61. The van der Waals surface area contributed by atoms with Crippen LogP contribution in [-0.4, -0.2) is 64.9 Å². The molecule has 26 heavy (non-hydrogen) atoms. The summed E-state index contributed by atoms with van der Waals surface area (Å²) in [6.45, 7) is 3.97. The lowest BCUT2D eigenvalue weighted by Crippen LogP contribution is -2.37. The van der Waals surface area contributed by atoms with Crippen LogP contribution in [-0.2, 0) is 16.0 Å². The summed E-state index contributed by atoms with van der Waals surface area (Å²) in [5.41, 5.74) is 2.35. The van der Waals surface area contributed by atoms with Crippen LogP contribution in [0.15, 0.2) is 30.5 Å². The summed E-state index contributed by atoms with van der Waals surface area (Å²) >= 11 is 0. The Bertz CT molecular complexity index is 905. The number of nitrogens with zero attached hydrogens (tertiary/aromatic N) is 5. The van der Waals surface area contributed by atoms with E-state index in [4.69, 9.17) is 19.4 Å². The van der Waals surface area contributed by atoms with Crippen LogP contribution in [0.2, 0.25) is 0 Å². The fourth-order valence-corrected chi connectivity index (χ4v) is 3.06. The molecule has 0 unspecified atom stereocenters. The van der Waals surface area contributed by atoms with E-state index in [9.17, 15) is 5.11 Å². The molecule has 1 saturated heterocycles. The molecule has 0 amide bonds. The normalized spacial score (nSPS) is 14.9. The van der Waals surface area contributed by atoms with Crippen molar-refractivity contribution in [3.63, 3.8) is 0 Å². The number of benzene rings is 1. The van der Waals surface area contributed by atoms with Crippen LogP contribution >= 0.6 is 0 Å². The van der Waals surface area contributed by atoms with Crippen LogP contribution in [0.3, 0.4) is 0 Å². The number of aromatic nitrogens is 4. The highest BCUT2D eigenvalue weighted by molar-refractivity contribution is 5.91. The van der Waals surface area contributed by atoms with Crippen molar-refractivity contribution in [2.45, 2.75) is 6.54 Å². The van der Waals surface area contributed by atoms with Gasteiger partial charge in [-0.25, -0.2) is 9.67 Å². The van der Waals surface area contributed by atoms with Crippen LogP contribution in [0.25, 0.3) is 22.3 Å². The summed E-state index contributed by atoms with van der Waals surface area (Å²) in [6.07, 6.45) is 1.77. The van der Waals surface area contributed by atoms with Gasteiger partial charge in [0.25, 0.3) is 0 Å². The first kappa shape index (κ1) is 16.7. The molecule has 1 aromatic carbocycles. The van der Waals surface area contributed by atoms with Gasteiger partial charge in [0.2, 0.25) is 5.95 Å². The topological polar surface area (TPSA) is 85.5 Å². The highest BCUT2D eigenvalue weighted by atomic mass is 16.5. The zero-order chi connectivity index (χ0) is 17.9. The first-order valence-electron chi connectivity index (χ1n) is 8.61. The highest BCUT2D eigenvalue weighted by Crippen LogP contribution is 2.30. The predicted octanol–water partition coefficient (Wildman–Crippen LogP) is 1.68. The Labute approximate surface area is 151 Å². The molecule has 0 radical (unpaired) electrons. The molecule has 2 aromatic heterocycles. The number of aromatic hydroxyl groups is 1. The van der Waals surface area contributed by atoms with Crippen molar-refractivity contribution < 1.29 is 14.6 Å². The monoisotopic (exact) mass is 355 g/mol. The Balaban J connectivity index is 1.86. The van der Waals surface area contributed by atoms with Crippen molar-refractivity contribution in [2.24, 2.45) is 0 Å². The van der Waals surface area contributed by atoms with Gasteiger partial charge in [0.15, 0.2) is 5.65 Å². The smallest absolute Gasteiger partial charge is 0.228 e. The zero-order valence-electron chi connectivity index (χ0n) is 14.6. The Morgan fingerprint density at radius 2 is 2.08 bits per heavy atom. The van der Waals surface area contributed by atoms with Gasteiger partial charge in [-0.1, -0.05) is 12.1 Å². The van der Waals surface area contributed by atoms with Gasteiger partial charge in [0, 0.05) is 25.8 Å². The van der Waals surface area contributed by atoms with Crippen molar-refractivity contribution in [1.82, 2.24) is 19.7 Å². The molecule has 0 saturated carbocycles. The minimum atomic E-state index is 0.203. The second-order valence-corrected chi connectivity index (χ2v) is 6.12. The number of phenolic OH excluding ortho intramolecular Hbond substituents is 1. The molecular weight excluding hydrogens is 334 g/mol. The number of rotatable bonds is 5. The Kier molecular flexibility index (Phi) is 4.68. The molecule has 3 heterocycles. The summed E-state index contributed by atoms with van der Waals surface area (Å²) in [7, 11) is 1.66. The fraction of sp³-hybridized carbons (Fsp3) is 0.389. The second-order valence-electron chi connectivity index (χ2n) is 6.12. The molecule has 0 bridgehead atoms. The lowest BCUT2D eigenvalue weighted by Gasteiger charge is -2.27. The highest BCUT2D eigenvalue weighted by Gasteiger charge is 2.20. The Morgan fingerprint density at radius 1 is 1.23 bits per heavy atom. The number of morpholine rings is 1. The van der Waals surface area contributed by atoms with E-state index in [2.05, 4.69) is 10.00 Å². The van der Waals surface area contributed by atoms with Gasteiger partial charge >= 0.3 is 0 Å². The maximum absolute atomic E-state index is 9.88. The van der Waals surface area contributed by atoms with E-state index in [0.717, 1.165) is 35.4 Å². The zero-order valence-corrected chi connectivity index (χ0v) is 14.6. The second kappa shape index (κ2) is 7.27. The van der Waals surface area contributed by atoms with Gasteiger partial charge in [0.05, 0.1) is 43.6 Å². The third kappa shape index (κ3) is 3.21. The van der Waals surface area contributed by atoms with Crippen molar-refractivity contribution >= 4 is 17.0 Å². The molecule has 4 rings (SSSR count). The van der Waals surface area contributed by atoms with E-state index in [1.807, 2.05) is 16.8 Å².